The first kappa shape index (κ1) is 23.5. The summed E-state index contributed by atoms with van der Waals surface area (Å²) < 4.78 is 12.4. The van der Waals surface area contributed by atoms with E-state index in [2.05, 4.69) is 25.8 Å². The molecule has 0 unspecified atom stereocenters. The lowest BCUT2D eigenvalue weighted by molar-refractivity contribution is 0.0376. The fourth-order valence-corrected chi connectivity index (χ4v) is 3.72. The third kappa shape index (κ3) is 7.17. The van der Waals surface area contributed by atoms with Gasteiger partial charge in [0.25, 0.3) is 0 Å². The minimum Gasteiger partial charge on any atom is -0.497 e. The third-order valence-corrected chi connectivity index (χ3v) is 5.61. The van der Waals surface area contributed by atoms with Crippen molar-refractivity contribution in [1.82, 2.24) is 25.4 Å². The monoisotopic (exact) mass is 464 g/mol. The van der Waals surface area contributed by atoms with Crippen molar-refractivity contribution >= 4 is 35.1 Å². The lowest BCUT2D eigenvalue weighted by atomic mass is 10.2. The quantitative estimate of drug-likeness (QED) is 0.255. The largest absolute Gasteiger partial charge is 0.497 e. The Morgan fingerprint density at radius 2 is 2.19 bits per heavy atom. The number of hydrogen-bond acceptors (Lipinski definition) is 6. The molecule has 1 fully saturated rings. The molecule has 1 aliphatic rings. The van der Waals surface area contributed by atoms with E-state index in [1.807, 2.05) is 31.2 Å². The number of ether oxygens (including phenoxy) is 2. The zero-order valence-electron chi connectivity index (χ0n) is 17.9. The predicted octanol–water partition coefficient (Wildman–Crippen LogP) is 2.42. The van der Waals surface area contributed by atoms with E-state index in [-0.39, 0.29) is 0 Å². The van der Waals surface area contributed by atoms with Crippen molar-refractivity contribution in [2.75, 3.05) is 46.5 Å². The minimum atomic E-state index is 0.482. The number of aryl methyl sites for hydroxylation is 1. The standard InChI is InChI=1S/C21H29ClN6O2S/c1-16-19(20(22)28(26-16)15-17-5-3-6-18(13-17)29-2)14-24-25-21(31)23-7-4-8-27-9-11-30-12-10-27/h3,5-6,13-14H,4,7-12,15H2,1-2H3,(H2,23,25,31)/b24-14-. The van der Waals surface area contributed by atoms with Crippen LogP contribution >= 0.6 is 23.8 Å². The van der Waals surface area contributed by atoms with Crippen molar-refractivity contribution < 1.29 is 9.47 Å². The van der Waals surface area contributed by atoms with E-state index in [4.69, 9.17) is 33.3 Å². The number of nitrogens with zero attached hydrogens (tertiary/aromatic N) is 4. The van der Waals surface area contributed by atoms with Gasteiger partial charge in [-0.3, -0.25) is 10.3 Å². The topological polar surface area (TPSA) is 75.9 Å². The molecule has 0 radical (unpaired) electrons. The Balaban J connectivity index is 1.46. The van der Waals surface area contributed by atoms with Crippen molar-refractivity contribution in [1.29, 1.82) is 0 Å². The van der Waals surface area contributed by atoms with Gasteiger partial charge in [-0.2, -0.15) is 10.2 Å². The molecule has 2 aromatic rings. The molecular weight excluding hydrogens is 436 g/mol. The maximum absolute atomic E-state index is 6.53. The molecule has 1 aromatic carbocycles. The Morgan fingerprint density at radius 1 is 1.39 bits per heavy atom. The van der Waals surface area contributed by atoms with Crippen molar-refractivity contribution in [2.24, 2.45) is 5.10 Å². The molecule has 1 aromatic heterocycles. The Hall–Kier alpha value is -2.20. The summed E-state index contributed by atoms with van der Waals surface area (Å²) in [5.74, 6) is 0.800. The molecule has 0 spiro atoms. The smallest absolute Gasteiger partial charge is 0.186 e. The minimum absolute atomic E-state index is 0.482. The summed E-state index contributed by atoms with van der Waals surface area (Å²) in [6.45, 7) is 7.90. The summed E-state index contributed by atoms with van der Waals surface area (Å²) in [4.78, 5) is 2.40. The van der Waals surface area contributed by atoms with E-state index in [1.54, 1.807) is 18.0 Å². The predicted molar refractivity (Wildman–Crippen MR) is 127 cm³/mol. The second-order valence-corrected chi connectivity index (χ2v) is 8.00. The van der Waals surface area contributed by atoms with Gasteiger partial charge in [-0.1, -0.05) is 23.7 Å². The Bertz CT molecular complexity index is 898. The number of rotatable bonds is 9. The highest BCUT2D eigenvalue weighted by Crippen LogP contribution is 2.20. The lowest BCUT2D eigenvalue weighted by Gasteiger charge is -2.26. The number of nitrogens with one attached hydrogen (secondary N) is 2. The first-order valence-corrected chi connectivity index (χ1v) is 11.1. The molecule has 0 bridgehead atoms. The number of halogens is 1. The second-order valence-electron chi connectivity index (χ2n) is 7.23. The van der Waals surface area contributed by atoms with Gasteiger partial charge >= 0.3 is 0 Å². The van der Waals surface area contributed by atoms with E-state index in [9.17, 15) is 0 Å². The van der Waals surface area contributed by atoms with Gasteiger partial charge in [-0.05, 0) is 49.8 Å². The highest BCUT2D eigenvalue weighted by Gasteiger charge is 2.13. The van der Waals surface area contributed by atoms with Crippen LogP contribution in [0.2, 0.25) is 5.15 Å². The van der Waals surface area contributed by atoms with Crippen LogP contribution in [0.1, 0.15) is 23.2 Å². The molecule has 31 heavy (non-hydrogen) atoms. The van der Waals surface area contributed by atoms with Gasteiger partial charge in [0.15, 0.2) is 5.11 Å². The van der Waals surface area contributed by atoms with E-state index in [0.29, 0.717) is 16.8 Å². The molecule has 10 heteroatoms. The third-order valence-electron chi connectivity index (χ3n) is 4.98. The first-order valence-electron chi connectivity index (χ1n) is 10.3. The molecular formula is C21H29ClN6O2S. The van der Waals surface area contributed by atoms with Crippen LogP contribution in [0, 0.1) is 6.92 Å². The highest BCUT2D eigenvalue weighted by molar-refractivity contribution is 7.80. The summed E-state index contributed by atoms with van der Waals surface area (Å²) in [5, 5.41) is 12.9. The lowest BCUT2D eigenvalue weighted by Crippen LogP contribution is -2.39. The zero-order valence-corrected chi connectivity index (χ0v) is 19.5. The molecule has 0 amide bonds. The number of aromatic nitrogens is 2. The van der Waals surface area contributed by atoms with Gasteiger partial charge in [0.1, 0.15) is 10.9 Å². The molecule has 0 saturated carbocycles. The molecule has 168 valence electrons. The molecule has 2 N–H and O–H groups in total. The SMILES string of the molecule is COc1cccc(Cn2nc(C)c(/C=N\NC(=S)NCCCN3CCOCC3)c2Cl)c1. The molecule has 0 atom stereocenters. The Labute approximate surface area is 193 Å². The number of morpholine rings is 1. The maximum Gasteiger partial charge on any atom is 0.186 e. The molecule has 1 aliphatic heterocycles. The molecule has 3 rings (SSSR count). The normalized spacial score (nSPS) is 14.7. The number of benzene rings is 1. The number of hydrogen-bond donors (Lipinski definition) is 2. The Morgan fingerprint density at radius 3 is 2.97 bits per heavy atom. The van der Waals surface area contributed by atoms with Crippen LogP contribution in [-0.2, 0) is 11.3 Å². The fraction of sp³-hybridized carbons (Fsp3) is 0.476. The summed E-state index contributed by atoms with van der Waals surface area (Å²) in [6, 6.07) is 7.82. The Kier molecular flexibility index (Phi) is 9.08. The molecule has 2 heterocycles. The first-order chi connectivity index (χ1) is 15.1. The van der Waals surface area contributed by atoms with Crippen LogP contribution in [0.4, 0.5) is 0 Å². The van der Waals surface area contributed by atoms with Crippen LogP contribution < -0.4 is 15.5 Å². The van der Waals surface area contributed by atoms with Gasteiger partial charge in [0, 0.05) is 19.6 Å². The van der Waals surface area contributed by atoms with Gasteiger partial charge in [0.05, 0.1) is 44.3 Å². The van der Waals surface area contributed by atoms with Crippen molar-refractivity contribution in [2.45, 2.75) is 19.9 Å². The van der Waals surface area contributed by atoms with E-state index in [1.165, 1.54) is 0 Å². The van der Waals surface area contributed by atoms with E-state index >= 15 is 0 Å². The molecule has 1 saturated heterocycles. The fourth-order valence-electron chi connectivity index (χ4n) is 3.29. The van der Waals surface area contributed by atoms with Crippen LogP contribution in [0.5, 0.6) is 5.75 Å². The number of thiocarbonyl (C=S) groups is 1. The second kappa shape index (κ2) is 12.0. The summed E-state index contributed by atoms with van der Waals surface area (Å²) in [5.41, 5.74) is 5.44. The van der Waals surface area contributed by atoms with Gasteiger partial charge in [0.2, 0.25) is 0 Å². The van der Waals surface area contributed by atoms with Gasteiger partial charge in [-0.25, -0.2) is 4.68 Å². The van der Waals surface area contributed by atoms with Crippen molar-refractivity contribution in [3.63, 3.8) is 0 Å². The number of methoxy groups -OCH3 is 1. The van der Waals surface area contributed by atoms with Crippen molar-refractivity contribution in [3.8, 4) is 5.75 Å². The maximum atomic E-state index is 6.53. The number of hydrazone groups is 1. The average molecular weight is 465 g/mol. The summed E-state index contributed by atoms with van der Waals surface area (Å²) in [7, 11) is 1.65. The van der Waals surface area contributed by atoms with Crippen LogP contribution in [-0.4, -0.2) is 72.5 Å². The highest BCUT2D eigenvalue weighted by atomic mass is 35.5. The van der Waals surface area contributed by atoms with Crippen LogP contribution in [0.25, 0.3) is 0 Å². The van der Waals surface area contributed by atoms with Crippen LogP contribution in [0.3, 0.4) is 0 Å². The van der Waals surface area contributed by atoms with E-state index in [0.717, 1.165) is 68.4 Å². The molecule has 0 aliphatic carbocycles. The van der Waals surface area contributed by atoms with Gasteiger partial charge in [-0.15, -0.1) is 0 Å². The summed E-state index contributed by atoms with van der Waals surface area (Å²) in [6.07, 6.45) is 2.65. The summed E-state index contributed by atoms with van der Waals surface area (Å²) >= 11 is 11.8. The zero-order chi connectivity index (χ0) is 22.1. The van der Waals surface area contributed by atoms with Gasteiger partial charge < -0.3 is 14.8 Å². The molecule has 8 nitrogen and oxygen atoms in total. The van der Waals surface area contributed by atoms with Crippen LogP contribution in [0.15, 0.2) is 29.4 Å². The van der Waals surface area contributed by atoms with Crippen molar-refractivity contribution in [3.05, 3.63) is 46.2 Å². The average Bonchev–Trinajstić information content (AvgIpc) is 3.05. The van der Waals surface area contributed by atoms with E-state index < -0.39 is 0 Å².